The Kier molecular flexibility index (Phi) is 4.76. The van der Waals surface area contributed by atoms with E-state index in [-0.39, 0.29) is 11.9 Å². The first-order chi connectivity index (χ1) is 9.20. The van der Waals surface area contributed by atoms with Crippen molar-refractivity contribution in [2.45, 2.75) is 19.5 Å². The number of amides is 1. The van der Waals surface area contributed by atoms with Gasteiger partial charge in [-0.2, -0.15) is 0 Å². The number of piperazine rings is 1. The SMILES string of the molecule is CCOc1cccc(CN2CCNCC2C(N)=O)c1. The smallest absolute Gasteiger partial charge is 0.236 e. The molecule has 1 unspecified atom stereocenters. The standard InChI is InChI=1S/C14H21N3O2/c1-2-19-12-5-3-4-11(8-12)10-17-7-6-16-9-13(17)14(15)18/h3-5,8,13,16H,2,6-7,9-10H2,1H3,(H2,15,18). The molecule has 1 fully saturated rings. The third-order valence-corrected chi connectivity index (χ3v) is 3.28. The molecular weight excluding hydrogens is 242 g/mol. The van der Waals surface area contributed by atoms with Crippen molar-refractivity contribution in [1.29, 1.82) is 0 Å². The summed E-state index contributed by atoms with van der Waals surface area (Å²) in [4.78, 5) is 13.6. The zero-order valence-corrected chi connectivity index (χ0v) is 11.3. The molecule has 2 rings (SSSR count). The van der Waals surface area contributed by atoms with Crippen LogP contribution in [0.25, 0.3) is 0 Å². The highest BCUT2D eigenvalue weighted by Crippen LogP contribution is 2.16. The third kappa shape index (κ3) is 3.68. The monoisotopic (exact) mass is 263 g/mol. The van der Waals surface area contributed by atoms with Crippen LogP contribution in [-0.4, -0.2) is 43.1 Å². The van der Waals surface area contributed by atoms with Gasteiger partial charge in [-0.1, -0.05) is 12.1 Å². The van der Waals surface area contributed by atoms with Crippen LogP contribution in [-0.2, 0) is 11.3 Å². The number of hydrogen-bond acceptors (Lipinski definition) is 4. The van der Waals surface area contributed by atoms with Crippen molar-refractivity contribution in [2.24, 2.45) is 5.73 Å². The first-order valence-electron chi connectivity index (χ1n) is 6.66. The molecule has 1 aliphatic rings. The maximum atomic E-state index is 11.4. The molecule has 0 spiro atoms. The molecule has 1 aliphatic heterocycles. The van der Waals surface area contributed by atoms with E-state index < -0.39 is 0 Å². The van der Waals surface area contributed by atoms with Gasteiger partial charge < -0.3 is 15.8 Å². The fraction of sp³-hybridized carbons (Fsp3) is 0.500. The van der Waals surface area contributed by atoms with Gasteiger partial charge in [0.15, 0.2) is 0 Å². The Hall–Kier alpha value is -1.59. The number of nitrogens with two attached hydrogens (primary N) is 1. The molecule has 0 radical (unpaired) electrons. The van der Waals surface area contributed by atoms with Crippen LogP contribution in [0.2, 0.25) is 0 Å². The first kappa shape index (κ1) is 13.8. The van der Waals surface area contributed by atoms with E-state index in [4.69, 9.17) is 10.5 Å². The zero-order chi connectivity index (χ0) is 13.7. The molecule has 1 amide bonds. The van der Waals surface area contributed by atoms with Crippen molar-refractivity contribution in [3.05, 3.63) is 29.8 Å². The van der Waals surface area contributed by atoms with E-state index in [1.165, 1.54) is 0 Å². The lowest BCUT2D eigenvalue weighted by Gasteiger charge is -2.34. The molecule has 5 heteroatoms. The molecule has 104 valence electrons. The molecule has 0 aromatic heterocycles. The number of rotatable bonds is 5. The average molecular weight is 263 g/mol. The van der Waals surface area contributed by atoms with Gasteiger partial charge in [0, 0.05) is 26.2 Å². The summed E-state index contributed by atoms with van der Waals surface area (Å²) in [6.07, 6.45) is 0. The molecule has 1 heterocycles. The van der Waals surface area contributed by atoms with Gasteiger partial charge in [-0.3, -0.25) is 9.69 Å². The Labute approximate surface area is 113 Å². The lowest BCUT2D eigenvalue weighted by Crippen LogP contribution is -2.56. The topological polar surface area (TPSA) is 67.6 Å². The maximum absolute atomic E-state index is 11.4. The van der Waals surface area contributed by atoms with Crippen LogP contribution < -0.4 is 15.8 Å². The lowest BCUT2D eigenvalue weighted by atomic mass is 10.1. The number of nitrogens with one attached hydrogen (secondary N) is 1. The zero-order valence-electron chi connectivity index (χ0n) is 11.3. The summed E-state index contributed by atoms with van der Waals surface area (Å²) in [6, 6.07) is 7.74. The minimum absolute atomic E-state index is 0.232. The number of carbonyl (C=O) groups excluding carboxylic acids is 1. The number of ether oxygens (including phenoxy) is 1. The van der Waals surface area contributed by atoms with E-state index in [1.807, 2.05) is 31.2 Å². The van der Waals surface area contributed by atoms with Crippen LogP contribution in [0.5, 0.6) is 5.75 Å². The second kappa shape index (κ2) is 6.54. The number of nitrogens with zero attached hydrogens (tertiary/aromatic N) is 1. The van der Waals surface area contributed by atoms with Crippen LogP contribution in [0.1, 0.15) is 12.5 Å². The van der Waals surface area contributed by atoms with E-state index in [0.29, 0.717) is 13.2 Å². The van der Waals surface area contributed by atoms with Crippen LogP contribution >= 0.6 is 0 Å². The number of benzene rings is 1. The first-order valence-corrected chi connectivity index (χ1v) is 6.66. The molecule has 1 atom stereocenters. The summed E-state index contributed by atoms with van der Waals surface area (Å²) < 4.78 is 5.49. The Morgan fingerprint density at radius 2 is 2.42 bits per heavy atom. The summed E-state index contributed by atoms with van der Waals surface area (Å²) in [6.45, 7) is 5.67. The molecule has 0 bridgehead atoms. The van der Waals surface area contributed by atoms with E-state index in [2.05, 4.69) is 10.2 Å². The number of hydrogen-bond donors (Lipinski definition) is 2. The minimum atomic E-state index is -0.270. The van der Waals surface area contributed by atoms with Gasteiger partial charge in [-0.05, 0) is 24.6 Å². The summed E-state index contributed by atoms with van der Waals surface area (Å²) in [5, 5.41) is 3.20. The molecule has 1 aromatic rings. The predicted molar refractivity (Wildman–Crippen MR) is 73.9 cm³/mol. The summed E-state index contributed by atoms with van der Waals surface area (Å²) in [5.41, 5.74) is 6.58. The van der Waals surface area contributed by atoms with Gasteiger partial charge >= 0.3 is 0 Å². The summed E-state index contributed by atoms with van der Waals surface area (Å²) in [7, 11) is 0. The van der Waals surface area contributed by atoms with Gasteiger partial charge in [0.05, 0.1) is 6.61 Å². The van der Waals surface area contributed by atoms with Gasteiger partial charge in [0.1, 0.15) is 11.8 Å². The van der Waals surface area contributed by atoms with Crippen molar-refractivity contribution in [3.8, 4) is 5.75 Å². The Bertz CT molecular complexity index is 436. The Morgan fingerprint density at radius 1 is 1.58 bits per heavy atom. The Balaban J connectivity index is 2.06. The minimum Gasteiger partial charge on any atom is -0.494 e. The van der Waals surface area contributed by atoms with E-state index in [0.717, 1.165) is 30.9 Å². The molecule has 0 aliphatic carbocycles. The Morgan fingerprint density at radius 3 is 3.16 bits per heavy atom. The largest absolute Gasteiger partial charge is 0.494 e. The third-order valence-electron chi connectivity index (χ3n) is 3.28. The van der Waals surface area contributed by atoms with Crippen LogP contribution in [0, 0.1) is 0 Å². The summed E-state index contributed by atoms with van der Waals surface area (Å²) in [5.74, 6) is 0.596. The number of primary amides is 1. The van der Waals surface area contributed by atoms with Crippen molar-refractivity contribution >= 4 is 5.91 Å². The van der Waals surface area contributed by atoms with Gasteiger partial charge in [0.2, 0.25) is 5.91 Å². The van der Waals surface area contributed by atoms with E-state index in [9.17, 15) is 4.79 Å². The van der Waals surface area contributed by atoms with Crippen molar-refractivity contribution in [3.63, 3.8) is 0 Å². The second-order valence-corrected chi connectivity index (χ2v) is 4.67. The molecule has 19 heavy (non-hydrogen) atoms. The quantitative estimate of drug-likeness (QED) is 0.804. The molecule has 1 saturated heterocycles. The number of carbonyl (C=O) groups is 1. The highest BCUT2D eigenvalue weighted by molar-refractivity contribution is 5.80. The average Bonchev–Trinajstić information content (AvgIpc) is 2.40. The summed E-state index contributed by atoms with van der Waals surface area (Å²) >= 11 is 0. The molecular formula is C14H21N3O2. The van der Waals surface area contributed by atoms with Gasteiger partial charge in [-0.25, -0.2) is 0 Å². The highest BCUT2D eigenvalue weighted by atomic mass is 16.5. The fourth-order valence-electron chi connectivity index (χ4n) is 2.35. The molecule has 0 saturated carbocycles. The molecule has 5 nitrogen and oxygen atoms in total. The normalized spacial score (nSPS) is 20.2. The molecule has 3 N–H and O–H groups in total. The van der Waals surface area contributed by atoms with Crippen molar-refractivity contribution < 1.29 is 9.53 Å². The van der Waals surface area contributed by atoms with Crippen LogP contribution in [0.15, 0.2) is 24.3 Å². The second-order valence-electron chi connectivity index (χ2n) is 4.67. The highest BCUT2D eigenvalue weighted by Gasteiger charge is 2.26. The van der Waals surface area contributed by atoms with Crippen LogP contribution in [0.4, 0.5) is 0 Å². The van der Waals surface area contributed by atoms with E-state index in [1.54, 1.807) is 0 Å². The van der Waals surface area contributed by atoms with Crippen molar-refractivity contribution in [2.75, 3.05) is 26.2 Å². The molecule has 1 aromatic carbocycles. The van der Waals surface area contributed by atoms with Gasteiger partial charge in [0.25, 0.3) is 0 Å². The lowest BCUT2D eigenvalue weighted by molar-refractivity contribution is -0.124. The predicted octanol–water partition coefficient (Wildman–Crippen LogP) is 0.344. The van der Waals surface area contributed by atoms with Gasteiger partial charge in [-0.15, -0.1) is 0 Å². The van der Waals surface area contributed by atoms with E-state index >= 15 is 0 Å². The maximum Gasteiger partial charge on any atom is 0.236 e. The van der Waals surface area contributed by atoms with Crippen LogP contribution in [0.3, 0.4) is 0 Å². The fourth-order valence-corrected chi connectivity index (χ4v) is 2.35. The van der Waals surface area contributed by atoms with Crippen molar-refractivity contribution in [1.82, 2.24) is 10.2 Å².